The first-order valence-electron chi connectivity index (χ1n) is 7.63. The highest BCUT2D eigenvalue weighted by atomic mass is 16.3. The maximum atomic E-state index is 10.6. The molecule has 0 radical (unpaired) electrons. The third-order valence-electron chi connectivity index (χ3n) is 5.56. The molecule has 2 N–H and O–H groups in total. The fourth-order valence-corrected chi connectivity index (χ4v) is 4.36. The van der Waals surface area contributed by atoms with Crippen molar-refractivity contribution in [1.82, 2.24) is 4.90 Å². The molecule has 2 heterocycles. The van der Waals surface area contributed by atoms with Gasteiger partial charge in [-0.05, 0) is 50.4 Å². The molecule has 3 fully saturated rings. The average Bonchev–Trinajstić information content (AvgIpc) is 2.47. The van der Waals surface area contributed by atoms with E-state index in [0.717, 1.165) is 32.2 Å². The second kappa shape index (κ2) is 4.46. The average molecular weight is 253 g/mol. The highest BCUT2D eigenvalue weighted by molar-refractivity contribution is 5.03. The topological polar surface area (TPSA) is 43.7 Å². The Bertz CT molecular complexity index is 298. The Balaban J connectivity index is 1.58. The summed E-state index contributed by atoms with van der Waals surface area (Å²) in [6.07, 6.45) is 6.11. The molecule has 3 rings (SSSR count). The van der Waals surface area contributed by atoms with Crippen molar-refractivity contribution < 1.29 is 10.2 Å². The van der Waals surface area contributed by atoms with Crippen LogP contribution in [-0.2, 0) is 0 Å². The largest absolute Gasteiger partial charge is 0.393 e. The number of hydrogen-bond donors (Lipinski definition) is 2. The smallest absolute Gasteiger partial charge is 0.0779 e. The summed E-state index contributed by atoms with van der Waals surface area (Å²) in [5.41, 5.74) is -0.432. The molecule has 2 saturated heterocycles. The second-order valence-corrected chi connectivity index (χ2v) is 7.32. The SMILES string of the molecule is CC(C)[C@H]1C[C@@](O)(CN2C3CCC2CC(O)C3)C1. The van der Waals surface area contributed by atoms with Crippen LogP contribution >= 0.6 is 0 Å². The fraction of sp³-hybridized carbons (Fsp3) is 1.00. The zero-order valence-electron chi connectivity index (χ0n) is 11.7. The van der Waals surface area contributed by atoms with Gasteiger partial charge in [-0.1, -0.05) is 13.8 Å². The van der Waals surface area contributed by atoms with E-state index < -0.39 is 5.60 Å². The fourth-order valence-electron chi connectivity index (χ4n) is 4.36. The van der Waals surface area contributed by atoms with E-state index in [4.69, 9.17) is 0 Å². The second-order valence-electron chi connectivity index (χ2n) is 7.32. The van der Waals surface area contributed by atoms with Gasteiger partial charge in [0.1, 0.15) is 0 Å². The quantitative estimate of drug-likeness (QED) is 0.805. The Labute approximate surface area is 110 Å². The summed E-state index contributed by atoms with van der Waals surface area (Å²) in [6.45, 7) is 5.36. The Morgan fingerprint density at radius 1 is 1.17 bits per heavy atom. The predicted molar refractivity (Wildman–Crippen MR) is 71.3 cm³/mol. The summed E-state index contributed by atoms with van der Waals surface area (Å²) >= 11 is 0. The van der Waals surface area contributed by atoms with E-state index in [2.05, 4.69) is 18.7 Å². The van der Waals surface area contributed by atoms with Crippen LogP contribution in [0.5, 0.6) is 0 Å². The van der Waals surface area contributed by atoms with Gasteiger partial charge in [0.2, 0.25) is 0 Å². The van der Waals surface area contributed by atoms with Crippen LogP contribution in [0.3, 0.4) is 0 Å². The summed E-state index contributed by atoms with van der Waals surface area (Å²) in [7, 11) is 0. The van der Waals surface area contributed by atoms with E-state index in [1.165, 1.54) is 12.8 Å². The first-order chi connectivity index (χ1) is 8.47. The third-order valence-corrected chi connectivity index (χ3v) is 5.56. The molecule has 0 aromatic heterocycles. The van der Waals surface area contributed by atoms with E-state index in [1.807, 2.05) is 0 Å². The van der Waals surface area contributed by atoms with Gasteiger partial charge in [0, 0.05) is 18.6 Å². The minimum absolute atomic E-state index is 0.0989. The highest BCUT2D eigenvalue weighted by Gasteiger charge is 2.49. The molecule has 2 bridgehead atoms. The number of aliphatic hydroxyl groups is 2. The van der Waals surface area contributed by atoms with Gasteiger partial charge in [-0.25, -0.2) is 0 Å². The van der Waals surface area contributed by atoms with E-state index in [9.17, 15) is 10.2 Å². The van der Waals surface area contributed by atoms with Crippen LogP contribution in [0.4, 0.5) is 0 Å². The highest BCUT2D eigenvalue weighted by Crippen LogP contribution is 2.45. The van der Waals surface area contributed by atoms with Gasteiger partial charge >= 0.3 is 0 Å². The van der Waals surface area contributed by atoms with Crippen LogP contribution in [0.1, 0.15) is 52.4 Å². The number of rotatable bonds is 3. The third kappa shape index (κ3) is 2.21. The van der Waals surface area contributed by atoms with E-state index >= 15 is 0 Å². The van der Waals surface area contributed by atoms with Crippen molar-refractivity contribution in [3.63, 3.8) is 0 Å². The standard InChI is InChI=1S/C15H27NO2/c1-10(2)11-7-15(18,8-11)9-16-12-3-4-13(16)6-14(17)5-12/h10-14,17-18H,3-9H2,1-2H3/t11-,12?,13?,14?,15-. The van der Waals surface area contributed by atoms with Crippen LogP contribution in [0.15, 0.2) is 0 Å². The molecule has 0 aromatic carbocycles. The Hall–Kier alpha value is -0.120. The molecule has 0 aromatic rings. The molecule has 0 amide bonds. The normalized spacial score (nSPS) is 48.5. The molecule has 18 heavy (non-hydrogen) atoms. The zero-order chi connectivity index (χ0) is 12.9. The molecular weight excluding hydrogens is 226 g/mol. The van der Waals surface area contributed by atoms with Crippen molar-refractivity contribution >= 4 is 0 Å². The van der Waals surface area contributed by atoms with E-state index in [1.54, 1.807) is 0 Å². The monoisotopic (exact) mass is 253 g/mol. The van der Waals surface area contributed by atoms with Crippen LogP contribution in [0, 0.1) is 11.8 Å². The van der Waals surface area contributed by atoms with Gasteiger partial charge in [0.05, 0.1) is 11.7 Å². The lowest BCUT2D eigenvalue weighted by molar-refractivity contribution is -0.120. The lowest BCUT2D eigenvalue weighted by atomic mass is 9.66. The molecule has 2 atom stereocenters. The number of hydrogen-bond acceptors (Lipinski definition) is 3. The number of nitrogens with zero attached hydrogens (tertiary/aromatic N) is 1. The van der Waals surface area contributed by atoms with E-state index in [-0.39, 0.29) is 6.10 Å². The van der Waals surface area contributed by atoms with Crippen LogP contribution < -0.4 is 0 Å². The Morgan fingerprint density at radius 2 is 1.72 bits per heavy atom. The summed E-state index contributed by atoms with van der Waals surface area (Å²) in [6, 6.07) is 1.06. The molecule has 104 valence electrons. The van der Waals surface area contributed by atoms with Gasteiger partial charge in [-0.15, -0.1) is 0 Å². The maximum absolute atomic E-state index is 10.6. The molecule has 1 aliphatic carbocycles. The van der Waals surface area contributed by atoms with Gasteiger partial charge < -0.3 is 10.2 Å². The van der Waals surface area contributed by atoms with E-state index in [0.29, 0.717) is 23.9 Å². The van der Waals surface area contributed by atoms with Gasteiger partial charge in [-0.3, -0.25) is 4.90 Å². The molecule has 0 spiro atoms. The summed E-state index contributed by atoms with van der Waals surface area (Å²) in [4.78, 5) is 2.50. The van der Waals surface area contributed by atoms with Crippen molar-refractivity contribution in [3.8, 4) is 0 Å². The Kier molecular flexibility index (Phi) is 3.20. The van der Waals surface area contributed by atoms with Crippen molar-refractivity contribution in [1.29, 1.82) is 0 Å². The maximum Gasteiger partial charge on any atom is 0.0779 e. The van der Waals surface area contributed by atoms with Gasteiger partial charge in [0.15, 0.2) is 0 Å². The first-order valence-corrected chi connectivity index (χ1v) is 7.63. The number of piperidine rings is 1. The lowest BCUT2D eigenvalue weighted by Gasteiger charge is -2.50. The summed E-state index contributed by atoms with van der Waals surface area (Å²) < 4.78 is 0. The summed E-state index contributed by atoms with van der Waals surface area (Å²) in [5.74, 6) is 1.41. The molecule has 1 saturated carbocycles. The van der Waals surface area contributed by atoms with Crippen molar-refractivity contribution in [3.05, 3.63) is 0 Å². The summed E-state index contributed by atoms with van der Waals surface area (Å²) in [5, 5.41) is 20.4. The zero-order valence-corrected chi connectivity index (χ0v) is 11.7. The lowest BCUT2D eigenvalue weighted by Crippen LogP contribution is -2.57. The predicted octanol–water partition coefficient (Wildman–Crippen LogP) is 1.77. The molecular formula is C15H27NO2. The van der Waals surface area contributed by atoms with Crippen LogP contribution in [-0.4, -0.2) is 45.4 Å². The Morgan fingerprint density at radius 3 is 2.22 bits per heavy atom. The molecule has 3 heteroatoms. The minimum Gasteiger partial charge on any atom is -0.393 e. The van der Waals surface area contributed by atoms with Gasteiger partial charge in [0.25, 0.3) is 0 Å². The van der Waals surface area contributed by atoms with Crippen LogP contribution in [0.2, 0.25) is 0 Å². The van der Waals surface area contributed by atoms with Gasteiger partial charge in [-0.2, -0.15) is 0 Å². The van der Waals surface area contributed by atoms with Crippen molar-refractivity contribution in [2.75, 3.05) is 6.54 Å². The first kappa shape index (κ1) is 12.9. The molecule has 2 aliphatic heterocycles. The minimum atomic E-state index is -0.432. The van der Waals surface area contributed by atoms with Crippen molar-refractivity contribution in [2.45, 2.75) is 76.2 Å². The molecule has 3 aliphatic rings. The van der Waals surface area contributed by atoms with Crippen LogP contribution in [0.25, 0.3) is 0 Å². The number of aliphatic hydroxyl groups excluding tert-OH is 1. The number of fused-ring (bicyclic) bond motifs is 2. The van der Waals surface area contributed by atoms with Crippen molar-refractivity contribution in [2.24, 2.45) is 11.8 Å². The molecule has 2 unspecified atom stereocenters. The molecule has 3 nitrogen and oxygen atoms in total.